The topological polar surface area (TPSA) is 188 Å². The van der Waals surface area contributed by atoms with Crippen LogP contribution in [0, 0.1) is 0 Å². The number of benzene rings is 1. The Kier molecular flexibility index (Phi) is 11.6. The monoisotopic (exact) mass is 486 g/mol. The van der Waals surface area contributed by atoms with Crippen molar-refractivity contribution in [2.75, 3.05) is 11.5 Å². The second kappa shape index (κ2) is 13.6. The number of amides is 3. The molecule has 176 valence electrons. The molecule has 7 N–H and O–H groups in total. The number of carboxylic acids is 2. The number of thiol groups is 2. The first-order valence-electron chi connectivity index (χ1n) is 9.46. The van der Waals surface area contributed by atoms with Crippen molar-refractivity contribution in [2.24, 2.45) is 5.73 Å². The van der Waals surface area contributed by atoms with Crippen LogP contribution in [0.25, 0.3) is 0 Å². The summed E-state index contributed by atoms with van der Waals surface area (Å²) in [7, 11) is 0. The van der Waals surface area contributed by atoms with Crippen molar-refractivity contribution in [3.63, 3.8) is 0 Å². The highest BCUT2D eigenvalue weighted by Crippen LogP contribution is 2.05. The Labute approximate surface area is 195 Å². The smallest absolute Gasteiger partial charge is 0.327 e. The number of carboxylic acid groups (broad SMARTS) is 2. The van der Waals surface area contributed by atoms with Crippen LogP contribution in [0.1, 0.15) is 12.0 Å². The summed E-state index contributed by atoms with van der Waals surface area (Å²) >= 11 is 7.89. The van der Waals surface area contributed by atoms with Gasteiger partial charge >= 0.3 is 11.9 Å². The van der Waals surface area contributed by atoms with E-state index in [1.165, 1.54) is 0 Å². The van der Waals surface area contributed by atoms with Crippen molar-refractivity contribution in [1.82, 2.24) is 16.0 Å². The minimum atomic E-state index is -1.38. The molecule has 11 nitrogen and oxygen atoms in total. The minimum absolute atomic E-state index is 0.0352. The van der Waals surface area contributed by atoms with Crippen LogP contribution >= 0.6 is 25.3 Å². The number of nitrogens with one attached hydrogen (secondary N) is 3. The van der Waals surface area contributed by atoms with E-state index < -0.39 is 60.2 Å². The van der Waals surface area contributed by atoms with Gasteiger partial charge in [0.2, 0.25) is 17.7 Å². The van der Waals surface area contributed by atoms with E-state index in [1.54, 1.807) is 30.3 Å². The fourth-order valence-corrected chi connectivity index (χ4v) is 3.05. The van der Waals surface area contributed by atoms with E-state index in [9.17, 15) is 24.0 Å². The first-order chi connectivity index (χ1) is 15.1. The second-order valence-electron chi connectivity index (χ2n) is 6.78. The predicted molar refractivity (Wildman–Crippen MR) is 122 cm³/mol. The molecule has 1 rings (SSSR count). The Morgan fingerprint density at radius 3 is 1.81 bits per heavy atom. The summed E-state index contributed by atoms with van der Waals surface area (Å²) in [6, 6.07) is 3.64. The van der Waals surface area contributed by atoms with Crippen LogP contribution in [-0.2, 0) is 30.4 Å². The van der Waals surface area contributed by atoms with Crippen molar-refractivity contribution < 1.29 is 34.2 Å². The molecule has 0 aromatic heterocycles. The van der Waals surface area contributed by atoms with Gasteiger partial charge in [-0.15, -0.1) is 0 Å². The van der Waals surface area contributed by atoms with Crippen LogP contribution in [0.2, 0.25) is 0 Å². The summed E-state index contributed by atoms with van der Waals surface area (Å²) in [5.41, 5.74) is 6.26. The first kappa shape index (κ1) is 27.3. The molecule has 0 spiro atoms. The van der Waals surface area contributed by atoms with Gasteiger partial charge < -0.3 is 31.9 Å². The average Bonchev–Trinajstić information content (AvgIpc) is 2.74. The van der Waals surface area contributed by atoms with Gasteiger partial charge in [-0.1, -0.05) is 30.3 Å². The molecule has 3 amide bonds. The van der Waals surface area contributed by atoms with Crippen molar-refractivity contribution in [3.05, 3.63) is 35.9 Å². The maximum atomic E-state index is 12.9. The van der Waals surface area contributed by atoms with Crippen LogP contribution in [0.3, 0.4) is 0 Å². The second-order valence-corrected chi connectivity index (χ2v) is 7.51. The van der Waals surface area contributed by atoms with E-state index in [0.717, 1.165) is 0 Å². The van der Waals surface area contributed by atoms with Crippen molar-refractivity contribution in [1.29, 1.82) is 0 Å². The summed E-state index contributed by atoms with van der Waals surface area (Å²) in [5.74, 6) is -5.28. The third kappa shape index (κ3) is 9.16. The lowest BCUT2D eigenvalue weighted by Crippen LogP contribution is -2.58. The van der Waals surface area contributed by atoms with Crippen molar-refractivity contribution >= 4 is 54.9 Å². The standard InChI is InChI=1S/C19H26N4O7S2/c20-11(7-15(24)25)16(26)21-12(6-10-4-2-1-3-5-10)17(27)22-13(8-31)18(28)23-14(9-32)19(29)30/h1-5,11-14,31-32H,6-9,20H2,(H,21,26)(H,22,27)(H,23,28)(H,24,25)(H,29,30). The van der Waals surface area contributed by atoms with E-state index in [1.807, 2.05) is 0 Å². The molecular formula is C19H26N4O7S2. The van der Waals surface area contributed by atoms with Gasteiger partial charge in [0.05, 0.1) is 12.5 Å². The van der Waals surface area contributed by atoms with Crippen LogP contribution in [0.15, 0.2) is 30.3 Å². The SMILES string of the molecule is NC(CC(=O)O)C(=O)NC(Cc1ccccc1)C(=O)NC(CS)C(=O)NC(CS)C(=O)O. The molecule has 0 heterocycles. The zero-order valence-corrected chi connectivity index (χ0v) is 18.7. The minimum Gasteiger partial charge on any atom is -0.481 e. The Bertz CT molecular complexity index is 825. The average molecular weight is 487 g/mol. The summed E-state index contributed by atoms with van der Waals surface area (Å²) in [6.45, 7) is 0. The lowest BCUT2D eigenvalue weighted by molar-refractivity contribution is -0.141. The lowest BCUT2D eigenvalue weighted by atomic mass is 10.0. The maximum Gasteiger partial charge on any atom is 0.327 e. The van der Waals surface area contributed by atoms with Gasteiger partial charge in [-0.05, 0) is 5.56 Å². The third-order valence-corrected chi connectivity index (χ3v) is 4.99. The Morgan fingerprint density at radius 1 is 0.812 bits per heavy atom. The largest absolute Gasteiger partial charge is 0.481 e. The highest BCUT2D eigenvalue weighted by molar-refractivity contribution is 7.80. The molecule has 1 aromatic rings. The molecule has 0 saturated carbocycles. The van der Waals surface area contributed by atoms with E-state index in [4.69, 9.17) is 15.9 Å². The molecule has 0 bridgehead atoms. The molecular weight excluding hydrogens is 460 g/mol. The number of aliphatic carboxylic acids is 2. The molecule has 0 fully saturated rings. The summed E-state index contributed by atoms with van der Waals surface area (Å²) in [6.07, 6.45) is -0.596. The van der Waals surface area contributed by atoms with E-state index in [0.29, 0.717) is 5.56 Å². The predicted octanol–water partition coefficient (Wildman–Crippen LogP) is -1.57. The van der Waals surface area contributed by atoms with E-state index in [2.05, 4.69) is 41.2 Å². The maximum absolute atomic E-state index is 12.9. The highest BCUT2D eigenvalue weighted by Gasteiger charge is 2.30. The summed E-state index contributed by atoms with van der Waals surface area (Å²) in [5, 5.41) is 24.9. The lowest BCUT2D eigenvalue weighted by Gasteiger charge is -2.24. The van der Waals surface area contributed by atoms with Crippen LogP contribution < -0.4 is 21.7 Å². The third-order valence-electron chi connectivity index (χ3n) is 4.26. The number of nitrogens with two attached hydrogens (primary N) is 1. The van der Waals surface area contributed by atoms with Gasteiger partial charge in [0.15, 0.2) is 0 Å². The summed E-state index contributed by atoms with van der Waals surface area (Å²) < 4.78 is 0. The molecule has 0 saturated heterocycles. The summed E-state index contributed by atoms with van der Waals surface area (Å²) in [4.78, 5) is 59.4. The van der Waals surface area contributed by atoms with Crippen LogP contribution in [-0.4, -0.2) is 75.5 Å². The van der Waals surface area contributed by atoms with Gasteiger partial charge in [0.25, 0.3) is 0 Å². The quantitative estimate of drug-likeness (QED) is 0.154. The number of hydrogen-bond donors (Lipinski definition) is 8. The first-order valence-corrected chi connectivity index (χ1v) is 10.7. The molecule has 0 aliphatic carbocycles. The van der Waals surface area contributed by atoms with E-state index in [-0.39, 0.29) is 17.9 Å². The van der Waals surface area contributed by atoms with Gasteiger partial charge in [0.1, 0.15) is 18.1 Å². The fraction of sp³-hybridized carbons (Fsp3) is 0.421. The fourth-order valence-electron chi connectivity index (χ4n) is 2.54. The van der Waals surface area contributed by atoms with Gasteiger partial charge in [-0.25, -0.2) is 4.79 Å². The molecule has 0 aliphatic rings. The van der Waals surface area contributed by atoms with Crippen molar-refractivity contribution in [2.45, 2.75) is 37.0 Å². The Balaban J connectivity index is 2.97. The molecule has 0 radical (unpaired) electrons. The Hall–Kier alpha value is -2.77. The molecule has 4 unspecified atom stereocenters. The number of hydrogen-bond acceptors (Lipinski definition) is 8. The normalized spacial score (nSPS) is 14.3. The molecule has 4 atom stereocenters. The van der Waals surface area contributed by atoms with Crippen LogP contribution in [0.5, 0.6) is 0 Å². The zero-order chi connectivity index (χ0) is 24.3. The number of carbonyl (C=O) groups excluding carboxylic acids is 3. The van der Waals surface area contributed by atoms with E-state index >= 15 is 0 Å². The molecule has 0 aliphatic heterocycles. The van der Waals surface area contributed by atoms with Crippen molar-refractivity contribution in [3.8, 4) is 0 Å². The van der Waals surface area contributed by atoms with Gasteiger partial charge in [0, 0.05) is 17.9 Å². The Morgan fingerprint density at radius 2 is 1.31 bits per heavy atom. The van der Waals surface area contributed by atoms with Crippen LogP contribution in [0.4, 0.5) is 0 Å². The number of rotatable bonds is 13. The molecule has 1 aromatic carbocycles. The molecule has 13 heteroatoms. The van der Waals surface area contributed by atoms with Gasteiger partial charge in [-0.2, -0.15) is 25.3 Å². The highest BCUT2D eigenvalue weighted by atomic mass is 32.1. The molecule has 32 heavy (non-hydrogen) atoms. The van der Waals surface area contributed by atoms with Gasteiger partial charge in [-0.3, -0.25) is 19.2 Å². The number of carbonyl (C=O) groups is 5. The zero-order valence-electron chi connectivity index (χ0n) is 16.9.